The number of benzene rings is 1. The average molecular weight is 279 g/mol. The van der Waals surface area contributed by atoms with Crippen molar-refractivity contribution in [1.29, 1.82) is 0 Å². The lowest BCUT2D eigenvalue weighted by Crippen LogP contribution is -2.40. The predicted molar refractivity (Wildman–Crippen MR) is 80.0 cm³/mol. The van der Waals surface area contributed by atoms with Gasteiger partial charge in [0.1, 0.15) is 5.75 Å². The number of carbonyl (C=O) groups is 1. The van der Waals surface area contributed by atoms with E-state index in [-0.39, 0.29) is 5.91 Å². The quantitative estimate of drug-likeness (QED) is 0.869. The molecule has 0 aliphatic carbocycles. The second kappa shape index (κ2) is 6.75. The molecule has 0 saturated carbocycles. The summed E-state index contributed by atoms with van der Waals surface area (Å²) in [6.45, 7) is 8.02. The first-order valence-corrected chi connectivity index (χ1v) is 6.85. The Balaban J connectivity index is 2.44. The number of aliphatic hydroxyl groups is 1. The molecule has 0 bridgehead atoms. The van der Waals surface area contributed by atoms with Crippen molar-refractivity contribution in [3.63, 3.8) is 0 Å². The Kier molecular flexibility index (Phi) is 5.57. The van der Waals surface area contributed by atoms with E-state index in [1.165, 1.54) is 4.90 Å². The summed E-state index contributed by atoms with van der Waals surface area (Å²) >= 11 is 0. The number of amides is 1. The minimum absolute atomic E-state index is 0.0302. The molecule has 1 amide bonds. The zero-order valence-corrected chi connectivity index (χ0v) is 13.1. The number of carbonyl (C=O) groups excluding carboxylic acids is 1. The lowest BCUT2D eigenvalue weighted by atomic mass is 10.1. The molecule has 0 spiro atoms. The summed E-state index contributed by atoms with van der Waals surface area (Å²) in [6, 6.07) is 6.01. The van der Waals surface area contributed by atoms with E-state index in [4.69, 9.17) is 4.74 Å². The van der Waals surface area contributed by atoms with Crippen molar-refractivity contribution < 1.29 is 14.6 Å². The van der Waals surface area contributed by atoms with E-state index in [2.05, 4.69) is 0 Å². The fourth-order valence-corrected chi connectivity index (χ4v) is 1.97. The Bertz CT molecular complexity index is 463. The third-order valence-electron chi connectivity index (χ3n) is 2.97. The second-order valence-corrected chi connectivity index (χ2v) is 5.93. The zero-order chi connectivity index (χ0) is 15.3. The van der Waals surface area contributed by atoms with Crippen LogP contribution in [0.25, 0.3) is 0 Å². The van der Waals surface area contributed by atoms with Crippen molar-refractivity contribution in [3.8, 4) is 5.75 Å². The number of likely N-dealkylation sites (N-methyl/N-ethyl adjacent to an activating group) is 1. The highest BCUT2D eigenvalue weighted by molar-refractivity contribution is 5.76. The van der Waals surface area contributed by atoms with Crippen molar-refractivity contribution in [2.45, 2.75) is 39.7 Å². The van der Waals surface area contributed by atoms with E-state index in [1.54, 1.807) is 20.9 Å². The summed E-state index contributed by atoms with van der Waals surface area (Å²) < 4.78 is 5.66. The van der Waals surface area contributed by atoms with Gasteiger partial charge in [0.15, 0.2) is 0 Å². The molecule has 0 fully saturated rings. The van der Waals surface area contributed by atoms with E-state index in [1.807, 2.05) is 32.0 Å². The average Bonchev–Trinajstić information content (AvgIpc) is 2.31. The van der Waals surface area contributed by atoms with Crippen LogP contribution >= 0.6 is 0 Å². The number of aryl methyl sites for hydroxylation is 2. The van der Waals surface area contributed by atoms with Crippen LogP contribution in [-0.2, 0) is 4.79 Å². The van der Waals surface area contributed by atoms with Gasteiger partial charge in [-0.15, -0.1) is 0 Å². The Labute approximate surface area is 121 Å². The molecule has 1 N–H and O–H groups in total. The van der Waals surface area contributed by atoms with Crippen LogP contribution in [0.2, 0.25) is 0 Å². The van der Waals surface area contributed by atoms with Crippen molar-refractivity contribution >= 4 is 5.91 Å². The SMILES string of the molecule is Cc1ccc(C)c(OCCC(=O)N(C)CC(C)(C)O)c1. The van der Waals surface area contributed by atoms with Crippen molar-refractivity contribution in [2.24, 2.45) is 0 Å². The van der Waals surface area contributed by atoms with Crippen LogP contribution in [0, 0.1) is 13.8 Å². The minimum Gasteiger partial charge on any atom is -0.493 e. The Morgan fingerprint density at radius 1 is 1.35 bits per heavy atom. The first kappa shape index (κ1) is 16.5. The molecule has 0 heterocycles. The third-order valence-corrected chi connectivity index (χ3v) is 2.97. The summed E-state index contributed by atoms with van der Waals surface area (Å²) in [7, 11) is 1.69. The molecule has 0 radical (unpaired) electrons. The van der Waals surface area contributed by atoms with Gasteiger partial charge in [0, 0.05) is 13.6 Å². The maximum absolute atomic E-state index is 11.9. The summed E-state index contributed by atoms with van der Waals surface area (Å²) in [5.74, 6) is 0.792. The molecule has 1 aromatic rings. The highest BCUT2D eigenvalue weighted by Gasteiger charge is 2.19. The van der Waals surface area contributed by atoms with Crippen molar-refractivity contribution in [1.82, 2.24) is 4.90 Å². The van der Waals surface area contributed by atoms with E-state index >= 15 is 0 Å². The van der Waals surface area contributed by atoms with Gasteiger partial charge in [-0.05, 0) is 44.9 Å². The van der Waals surface area contributed by atoms with Gasteiger partial charge >= 0.3 is 0 Å². The molecule has 20 heavy (non-hydrogen) atoms. The first-order chi connectivity index (χ1) is 9.19. The van der Waals surface area contributed by atoms with Gasteiger partial charge < -0.3 is 14.7 Å². The molecule has 4 nitrogen and oxygen atoms in total. The first-order valence-electron chi connectivity index (χ1n) is 6.85. The molecule has 0 aliphatic rings. The Morgan fingerprint density at radius 3 is 2.60 bits per heavy atom. The summed E-state index contributed by atoms with van der Waals surface area (Å²) in [4.78, 5) is 13.4. The van der Waals surface area contributed by atoms with Crippen LogP contribution in [-0.4, -0.2) is 41.7 Å². The van der Waals surface area contributed by atoms with Gasteiger partial charge in [0.25, 0.3) is 0 Å². The smallest absolute Gasteiger partial charge is 0.225 e. The van der Waals surface area contributed by atoms with Gasteiger partial charge in [0.05, 0.1) is 18.6 Å². The predicted octanol–water partition coefficient (Wildman–Crippen LogP) is 2.30. The van der Waals surface area contributed by atoms with Crippen LogP contribution in [0.5, 0.6) is 5.75 Å². The summed E-state index contributed by atoms with van der Waals surface area (Å²) in [5.41, 5.74) is 1.32. The van der Waals surface area contributed by atoms with E-state index < -0.39 is 5.60 Å². The van der Waals surface area contributed by atoms with E-state index in [9.17, 15) is 9.90 Å². The molecule has 0 aliphatic heterocycles. The van der Waals surface area contributed by atoms with Gasteiger partial charge in [-0.2, -0.15) is 0 Å². The monoisotopic (exact) mass is 279 g/mol. The number of rotatable bonds is 6. The van der Waals surface area contributed by atoms with Crippen LogP contribution in [0.3, 0.4) is 0 Å². The van der Waals surface area contributed by atoms with Crippen molar-refractivity contribution in [2.75, 3.05) is 20.2 Å². The van der Waals surface area contributed by atoms with Crippen LogP contribution < -0.4 is 4.74 Å². The molecular formula is C16H25NO3. The van der Waals surface area contributed by atoms with Gasteiger partial charge in [-0.25, -0.2) is 0 Å². The highest BCUT2D eigenvalue weighted by Crippen LogP contribution is 2.19. The lowest BCUT2D eigenvalue weighted by molar-refractivity contribution is -0.133. The zero-order valence-electron chi connectivity index (χ0n) is 13.1. The molecule has 4 heteroatoms. The van der Waals surface area contributed by atoms with Crippen LogP contribution in [0.4, 0.5) is 0 Å². The fraction of sp³-hybridized carbons (Fsp3) is 0.562. The normalized spacial score (nSPS) is 11.3. The number of hydrogen-bond acceptors (Lipinski definition) is 3. The summed E-state index contributed by atoms with van der Waals surface area (Å²) in [6.07, 6.45) is 0.306. The minimum atomic E-state index is -0.877. The van der Waals surface area contributed by atoms with E-state index in [0.29, 0.717) is 19.6 Å². The Hall–Kier alpha value is -1.55. The molecule has 0 atom stereocenters. The second-order valence-electron chi connectivity index (χ2n) is 5.93. The lowest BCUT2D eigenvalue weighted by Gasteiger charge is -2.25. The molecular weight excluding hydrogens is 254 g/mol. The molecule has 0 unspecified atom stereocenters. The third kappa shape index (κ3) is 5.61. The molecule has 0 saturated heterocycles. The standard InChI is InChI=1S/C16H25NO3/c1-12-6-7-13(2)14(10-12)20-9-8-15(18)17(5)11-16(3,4)19/h6-7,10,19H,8-9,11H2,1-5H3. The van der Waals surface area contributed by atoms with Crippen LogP contribution in [0.1, 0.15) is 31.4 Å². The number of ether oxygens (including phenoxy) is 1. The topological polar surface area (TPSA) is 49.8 Å². The van der Waals surface area contributed by atoms with Gasteiger partial charge in [-0.3, -0.25) is 4.79 Å². The molecule has 1 rings (SSSR count). The highest BCUT2D eigenvalue weighted by atomic mass is 16.5. The van der Waals surface area contributed by atoms with Crippen LogP contribution in [0.15, 0.2) is 18.2 Å². The number of hydrogen-bond donors (Lipinski definition) is 1. The fourth-order valence-electron chi connectivity index (χ4n) is 1.97. The van der Waals surface area contributed by atoms with E-state index in [0.717, 1.165) is 16.9 Å². The Morgan fingerprint density at radius 2 is 2.00 bits per heavy atom. The summed E-state index contributed by atoms with van der Waals surface area (Å²) in [5, 5.41) is 9.68. The van der Waals surface area contributed by atoms with Crippen molar-refractivity contribution in [3.05, 3.63) is 29.3 Å². The van der Waals surface area contributed by atoms with Gasteiger partial charge in [-0.1, -0.05) is 12.1 Å². The largest absolute Gasteiger partial charge is 0.493 e. The molecule has 1 aromatic carbocycles. The molecule has 0 aromatic heterocycles. The maximum atomic E-state index is 11.9. The van der Waals surface area contributed by atoms with Gasteiger partial charge in [0.2, 0.25) is 5.91 Å². The molecule has 112 valence electrons. The maximum Gasteiger partial charge on any atom is 0.225 e. The number of nitrogens with zero attached hydrogens (tertiary/aromatic N) is 1.